The fraction of sp³-hybridized carbons (Fsp3) is 0.231. The maximum atomic E-state index is 12.0. The number of urea groups is 1. The van der Waals surface area contributed by atoms with Crippen LogP contribution in [-0.2, 0) is 6.42 Å². The van der Waals surface area contributed by atoms with Gasteiger partial charge in [-0.3, -0.25) is 4.79 Å². The Balaban J connectivity index is 2.72. The normalized spacial score (nSPS) is 10.3. The van der Waals surface area contributed by atoms with Gasteiger partial charge in [0, 0.05) is 16.8 Å². The predicted octanol–water partition coefficient (Wildman–Crippen LogP) is 1.19. The Morgan fingerprint density at radius 3 is 2.75 bits per heavy atom. The molecule has 2 aromatic heterocycles. The first-order chi connectivity index (χ1) is 9.54. The maximum absolute atomic E-state index is 12.0. The molecule has 0 aliphatic rings. The van der Waals surface area contributed by atoms with E-state index in [4.69, 9.17) is 5.73 Å². The first-order valence-corrected chi connectivity index (χ1v) is 6.13. The van der Waals surface area contributed by atoms with Crippen molar-refractivity contribution in [3.63, 3.8) is 0 Å². The lowest BCUT2D eigenvalue weighted by Gasteiger charge is -2.14. The van der Waals surface area contributed by atoms with Gasteiger partial charge in [-0.25, -0.2) is 4.79 Å². The monoisotopic (exact) mass is 273 g/mol. The molecule has 104 valence electrons. The summed E-state index contributed by atoms with van der Waals surface area (Å²) in [6.07, 6.45) is 3.82. The number of nitrogens with two attached hydrogens (primary N) is 1. The second kappa shape index (κ2) is 5.52. The van der Waals surface area contributed by atoms with E-state index in [0.717, 1.165) is 16.8 Å². The van der Waals surface area contributed by atoms with Crippen LogP contribution in [0, 0.1) is 6.92 Å². The number of amides is 2. The van der Waals surface area contributed by atoms with Crippen LogP contribution < -0.4 is 16.6 Å². The molecule has 0 spiro atoms. The van der Waals surface area contributed by atoms with E-state index in [1.54, 1.807) is 25.4 Å². The van der Waals surface area contributed by atoms with Crippen LogP contribution in [0.25, 0.3) is 11.1 Å². The Morgan fingerprint density at radius 1 is 1.45 bits per heavy atom. The summed E-state index contributed by atoms with van der Waals surface area (Å²) in [5.74, 6) is 0. The molecule has 7 heteroatoms. The van der Waals surface area contributed by atoms with Gasteiger partial charge in [-0.2, -0.15) is 10.2 Å². The third-order valence-corrected chi connectivity index (χ3v) is 3.02. The molecule has 2 amide bonds. The van der Waals surface area contributed by atoms with Crippen molar-refractivity contribution >= 4 is 11.7 Å². The molecule has 0 aliphatic carbocycles. The fourth-order valence-electron chi connectivity index (χ4n) is 2.15. The van der Waals surface area contributed by atoms with Gasteiger partial charge in [0.05, 0.1) is 12.4 Å². The molecule has 4 N–H and O–H groups in total. The van der Waals surface area contributed by atoms with E-state index in [-0.39, 0.29) is 11.2 Å². The number of carbonyl (C=O) groups is 1. The highest BCUT2D eigenvalue weighted by atomic mass is 16.2. The van der Waals surface area contributed by atoms with E-state index in [2.05, 4.69) is 20.5 Å². The summed E-state index contributed by atoms with van der Waals surface area (Å²) in [6, 6.07) is 1.02. The molecular weight excluding hydrogens is 258 g/mol. The number of nitrogens with zero attached hydrogens (tertiary/aromatic N) is 2. The smallest absolute Gasteiger partial charge is 0.316 e. The maximum Gasteiger partial charge on any atom is 0.316 e. The van der Waals surface area contributed by atoms with Crippen LogP contribution in [0.15, 0.2) is 23.3 Å². The lowest BCUT2D eigenvalue weighted by molar-refractivity contribution is 0.259. The second-order valence-electron chi connectivity index (χ2n) is 4.28. The number of aromatic nitrogens is 3. The van der Waals surface area contributed by atoms with Gasteiger partial charge in [-0.05, 0) is 25.0 Å². The van der Waals surface area contributed by atoms with Crippen molar-refractivity contribution in [1.29, 1.82) is 0 Å². The van der Waals surface area contributed by atoms with E-state index in [0.29, 0.717) is 12.0 Å². The molecule has 0 radical (unpaired) electrons. The van der Waals surface area contributed by atoms with E-state index in [1.165, 1.54) is 0 Å². The number of nitrogens with one attached hydrogen (secondary N) is 2. The number of primary amides is 1. The average molecular weight is 273 g/mol. The second-order valence-corrected chi connectivity index (χ2v) is 4.28. The van der Waals surface area contributed by atoms with E-state index in [1.807, 2.05) is 6.92 Å². The number of pyridine rings is 1. The Labute approximate surface area is 115 Å². The summed E-state index contributed by atoms with van der Waals surface area (Å²) in [5.41, 5.74) is 7.95. The third-order valence-electron chi connectivity index (χ3n) is 3.02. The summed E-state index contributed by atoms with van der Waals surface area (Å²) in [7, 11) is 0. The van der Waals surface area contributed by atoms with Gasteiger partial charge in [-0.1, -0.05) is 6.92 Å². The summed E-state index contributed by atoms with van der Waals surface area (Å²) < 4.78 is 0. The van der Waals surface area contributed by atoms with Crippen molar-refractivity contribution in [2.75, 3.05) is 5.32 Å². The lowest BCUT2D eigenvalue weighted by Crippen LogP contribution is -2.26. The molecular formula is C13H15N5O2. The molecule has 0 bridgehead atoms. The molecule has 20 heavy (non-hydrogen) atoms. The highest BCUT2D eigenvalue weighted by molar-refractivity contribution is 5.90. The van der Waals surface area contributed by atoms with E-state index < -0.39 is 6.03 Å². The van der Waals surface area contributed by atoms with Gasteiger partial charge in [0.2, 0.25) is 0 Å². The first-order valence-electron chi connectivity index (χ1n) is 6.13. The van der Waals surface area contributed by atoms with Gasteiger partial charge >= 0.3 is 6.03 Å². The molecule has 0 fully saturated rings. The van der Waals surface area contributed by atoms with Gasteiger partial charge in [0.25, 0.3) is 5.56 Å². The molecule has 0 aromatic carbocycles. The molecule has 2 heterocycles. The summed E-state index contributed by atoms with van der Waals surface area (Å²) in [4.78, 5) is 25.8. The summed E-state index contributed by atoms with van der Waals surface area (Å²) in [5, 5.41) is 9.93. The predicted molar refractivity (Wildman–Crippen MR) is 75.4 cm³/mol. The zero-order valence-electron chi connectivity index (χ0n) is 11.2. The van der Waals surface area contributed by atoms with Crippen LogP contribution in [0.1, 0.15) is 18.2 Å². The Kier molecular flexibility index (Phi) is 3.79. The minimum absolute atomic E-state index is 0.154. The number of hydrogen-bond donors (Lipinski definition) is 3. The molecule has 0 aliphatic heterocycles. The SMILES string of the molecule is CCc1[nH]c(=O)c(NC(N)=O)c(C)c1-c1ccnnc1. The molecule has 7 nitrogen and oxygen atoms in total. The number of rotatable bonds is 3. The molecule has 0 atom stereocenters. The van der Waals surface area contributed by atoms with Crippen LogP contribution in [0.5, 0.6) is 0 Å². The van der Waals surface area contributed by atoms with E-state index in [9.17, 15) is 9.59 Å². The van der Waals surface area contributed by atoms with Crippen molar-refractivity contribution in [3.05, 3.63) is 40.1 Å². The van der Waals surface area contributed by atoms with Crippen LogP contribution in [0.3, 0.4) is 0 Å². The van der Waals surface area contributed by atoms with E-state index >= 15 is 0 Å². The van der Waals surface area contributed by atoms with Crippen molar-refractivity contribution in [1.82, 2.24) is 15.2 Å². The van der Waals surface area contributed by atoms with Crippen molar-refractivity contribution in [2.24, 2.45) is 5.73 Å². The number of carbonyl (C=O) groups excluding carboxylic acids is 1. The van der Waals surface area contributed by atoms with Gasteiger partial charge in [-0.15, -0.1) is 0 Å². The standard InChI is InChI=1S/C13H15N5O2/c1-3-9-10(8-4-5-15-16-6-8)7(2)11(12(19)17-9)18-13(14)20/h4-6H,3H2,1-2H3,(H,17,19)(H3,14,18,20). The lowest BCUT2D eigenvalue weighted by atomic mass is 9.98. The molecule has 0 saturated heterocycles. The third kappa shape index (κ3) is 2.51. The van der Waals surface area contributed by atoms with Crippen molar-refractivity contribution in [3.8, 4) is 11.1 Å². The highest BCUT2D eigenvalue weighted by Crippen LogP contribution is 2.28. The van der Waals surface area contributed by atoms with Crippen LogP contribution in [-0.4, -0.2) is 21.2 Å². The quantitative estimate of drug-likeness (QED) is 0.779. The highest BCUT2D eigenvalue weighted by Gasteiger charge is 2.16. The minimum Gasteiger partial charge on any atom is -0.351 e. The molecule has 2 aromatic rings. The topological polar surface area (TPSA) is 114 Å². The van der Waals surface area contributed by atoms with Gasteiger partial charge in [0.15, 0.2) is 0 Å². The number of aryl methyl sites for hydroxylation is 1. The molecule has 2 rings (SSSR count). The Morgan fingerprint density at radius 2 is 2.20 bits per heavy atom. The summed E-state index contributed by atoms with van der Waals surface area (Å²) in [6.45, 7) is 3.69. The minimum atomic E-state index is -0.776. The largest absolute Gasteiger partial charge is 0.351 e. The average Bonchev–Trinajstić information content (AvgIpc) is 2.43. The van der Waals surface area contributed by atoms with Gasteiger partial charge in [0.1, 0.15) is 5.69 Å². The zero-order chi connectivity index (χ0) is 14.7. The number of H-pyrrole nitrogens is 1. The van der Waals surface area contributed by atoms with Crippen LogP contribution >= 0.6 is 0 Å². The zero-order valence-corrected chi connectivity index (χ0v) is 11.2. The summed E-state index contributed by atoms with van der Waals surface area (Å²) >= 11 is 0. The molecule has 0 unspecified atom stereocenters. The Bertz CT molecular complexity index is 694. The number of anilines is 1. The van der Waals surface area contributed by atoms with Gasteiger partial charge < -0.3 is 16.0 Å². The van der Waals surface area contributed by atoms with Crippen molar-refractivity contribution < 1.29 is 4.79 Å². The number of aromatic amines is 1. The number of hydrogen-bond acceptors (Lipinski definition) is 4. The first kappa shape index (κ1) is 13.7. The fourth-order valence-corrected chi connectivity index (χ4v) is 2.15. The van der Waals surface area contributed by atoms with Crippen molar-refractivity contribution in [2.45, 2.75) is 20.3 Å². The van der Waals surface area contributed by atoms with Crippen LogP contribution in [0.4, 0.5) is 10.5 Å². The molecule has 0 saturated carbocycles. The van der Waals surface area contributed by atoms with Crippen LogP contribution in [0.2, 0.25) is 0 Å². The Hall–Kier alpha value is -2.70.